The van der Waals surface area contributed by atoms with E-state index in [9.17, 15) is 0 Å². The summed E-state index contributed by atoms with van der Waals surface area (Å²) in [6, 6.07) is 0. The lowest BCUT2D eigenvalue weighted by Crippen LogP contribution is -2.26. The van der Waals surface area contributed by atoms with Gasteiger partial charge in [0.2, 0.25) is 5.79 Å². The van der Waals surface area contributed by atoms with E-state index >= 15 is 0 Å². The van der Waals surface area contributed by atoms with Crippen molar-refractivity contribution in [2.45, 2.75) is 39.4 Å². The van der Waals surface area contributed by atoms with Gasteiger partial charge in [-0.25, -0.2) is 0 Å². The molecule has 2 rings (SSSR count). The van der Waals surface area contributed by atoms with Gasteiger partial charge in [0.05, 0.1) is 17.7 Å². The zero-order chi connectivity index (χ0) is 9.90. The molecule has 0 amide bonds. The highest BCUT2D eigenvalue weighted by atomic mass is 79.9. The SMILES string of the molecule is CC.CC1=C(Br)C2(CC1)OCCO2. The molecule has 3 heteroatoms. The summed E-state index contributed by atoms with van der Waals surface area (Å²) in [5.74, 6) is -0.385. The van der Waals surface area contributed by atoms with E-state index in [0.29, 0.717) is 0 Å². The summed E-state index contributed by atoms with van der Waals surface area (Å²) < 4.78 is 12.2. The molecule has 13 heavy (non-hydrogen) atoms. The first-order valence-corrected chi connectivity index (χ1v) is 5.67. The summed E-state index contributed by atoms with van der Waals surface area (Å²) in [7, 11) is 0. The first kappa shape index (κ1) is 11.2. The predicted molar refractivity (Wildman–Crippen MR) is 56.8 cm³/mol. The normalized spacial score (nSPS) is 24.9. The second kappa shape index (κ2) is 4.58. The van der Waals surface area contributed by atoms with Crippen LogP contribution in [0.3, 0.4) is 0 Å². The largest absolute Gasteiger partial charge is 0.343 e. The number of hydrogen-bond acceptors (Lipinski definition) is 2. The van der Waals surface area contributed by atoms with Crippen LogP contribution >= 0.6 is 15.9 Å². The average molecular weight is 249 g/mol. The minimum atomic E-state index is -0.385. The Kier molecular flexibility index (Phi) is 3.95. The molecule has 0 aromatic rings. The molecule has 0 atom stereocenters. The zero-order valence-corrected chi connectivity index (χ0v) is 10.1. The Labute approximate surface area is 88.4 Å². The Morgan fingerprint density at radius 1 is 1.23 bits per heavy atom. The molecular weight excluding hydrogens is 232 g/mol. The average Bonchev–Trinajstić information content (AvgIpc) is 2.74. The maximum absolute atomic E-state index is 5.56. The van der Waals surface area contributed by atoms with Crippen molar-refractivity contribution in [1.29, 1.82) is 0 Å². The third-order valence-corrected chi connectivity index (χ3v) is 3.57. The highest BCUT2D eigenvalue weighted by Gasteiger charge is 2.43. The van der Waals surface area contributed by atoms with E-state index in [1.807, 2.05) is 13.8 Å². The van der Waals surface area contributed by atoms with Gasteiger partial charge in [0.1, 0.15) is 0 Å². The van der Waals surface area contributed by atoms with Crippen molar-refractivity contribution in [3.05, 3.63) is 10.1 Å². The molecule has 1 aliphatic carbocycles. The highest BCUT2D eigenvalue weighted by Crippen LogP contribution is 2.44. The van der Waals surface area contributed by atoms with E-state index < -0.39 is 0 Å². The monoisotopic (exact) mass is 248 g/mol. The standard InChI is InChI=1S/C8H11BrO2.C2H6/c1-6-2-3-8(7(6)9)10-4-5-11-8;1-2/h2-5H2,1H3;1-2H3. The van der Waals surface area contributed by atoms with Crippen molar-refractivity contribution in [2.24, 2.45) is 0 Å². The fraction of sp³-hybridized carbons (Fsp3) is 0.800. The topological polar surface area (TPSA) is 18.5 Å². The lowest BCUT2D eigenvalue weighted by atomic mass is 10.2. The van der Waals surface area contributed by atoms with Gasteiger partial charge < -0.3 is 9.47 Å². The molecule has 1 heterocycles. The van der Waals surface area contributed by atoms with E-state index in [1.54, 1.807) is 0 Å². The van der Waals surface area contributed by atoms with Crippen LogP contribution in [0.2, 0.25) is 0 Å². The van der Waals surface area contributed by atoms with Crippen LogP contribution < -0.4 is 0 Å². The van der Waals surface area contributed by atoms with Gasteiger partial charge in [-0.15, -0.1) is 0 Å². The van der Waals surface area contributed by atoms with Crippen LogP contribution in [0.1, 0.15) is 33.6 Å². The predicted octanol–water partition coefficient (Wildman–Crippen LogP) is 3.22. The van der Waals surface area contributed by atoms with Crippen LogP contribution in [0.25, 0.3) is 0 Å². The molecule has 0 aromatic carbocycles. The molecule has 1 fully saturated rings. The van der Waals surface area contributed by atoms with Crippen LogP contribution in [-0.2, 0) is 9.47 Å². The maximum atomic E-state index is 5.56. The second-order valence-corrected chi connectivity index (χ2v) is 3.84. The molecule has 0 N–H and O–H groups in total. The highest BCUT2D eigenvalue weighted by molar-refractivity contribution is 9.11. The molecule has 1 saturated heterocycles. The van der Waals surface area contributed by atoms with Gasteiger partial charge in [-0.05, 0) is 29.3 Å². The number of rotatable bonds is 0. The molecule has 1 spiro atoms. The molecule has 76 valence electrons. The second-order valence-electron chi connectivity index (χ2n) is 3.04. The van der Waals surface area contributed by atoms with Crippen LogP contribution in [0.5, 0.6) is 0 Å². The van der Waals surface area contributed by atoms with Crippen molar-refractivity contribution >= 4 is 15.9 Å². The van der Waals surface area contributed by atoms with Crippen molar-refractivity contribution in [3.63, 3.8) is 0 Å². The van der Waals surface area contributed by atoms with E-state index in [0.717, 1.165) is 30.5 Å². The van der Waals surface area contributed by atoms with Gasteiger partial charge in [-0.2, -0.15) is 0 Å². The number of hydrogen-bond donors (Lipinski definition) is 0. The molecule has 0 saturated carbocycles. The van der Waals surface area contributed by atoms with Crippen molar-refractivity contribution in [1.82, 2.24) is 0 Å². The molecule has 0 radical (unpaired) electrons. The summed E-state index contributed by atoms with van der Waals surface area (Å²) in [5, 5.41) is 0. The fourth-order valence-corrected chi connectivity index (χ4v) is 2.25. The van der Waals surface area contributed by atoms with Crippen LogP contribution in [-0.4, -0.2) is 19.0 Å². The third-order valence-electron chi connectivity index (χ3n) is 2.29. The van der Waals surface area contributed by atoms with Crippen molar-refractivity contribution < 1.29 is 9.47 Å². The van der Waals surface area contributed by atoms with E-state index in [1.165, 1.54) is 5.57 Å². The van der Waals surface area contributed by atoms with Crippen molar-refractivity contribution in [2.75, 3.05) is 13.2 Å². The van der Waals surface area contributed by atoms with Crippen molar-refractivity contribution in [3.8, 4) is 0 Å². The maximum Gasteiger partial charge on any atom is 0.201 e. The summed E-state index contributed by atoms with van der Waals surface area (Å²) in [6.07, 6.45) is 2.06. The molecule has 0 aromatic heterocycles. The van der Waals surface area contributed by atoms with Gasteiger partial charge >= 0.3 is 0 Å². The quantitative estimate of drug-likeness (QED) is 0.656. The summed E-state index contributed by atoms with van der Waals surface area (Å²) in [6.45, 7) is 7.56. The summed E-state index contributed by atoms with van der Waals surface area (Å²) in [4.78, 5) is 0. The Bertz CT molecular complexity index is 205. The molecular formula is C10H17BrO2. The molecule has 2 nitrogen and oxygen atoms in total. The smallest absolute Gasteiger partial charge is 0.201 e. The lowest BCUT2D eigenvalue weighted by molar-refractivity contribution is -0.117. The number of ether oxygens (including phenoxy) is 2. The van der Waals surface area contributed by atoms with Crippen LogP contribution in [0.4, 0.5) is 0 Å². The number of allylic oxidation sites excluding steroid dienone is 1. The first-order valence-electron chi connectivity index (χ1n) is 4.88. The Hall–Kier alpha value is 0.140. The Balaban J connectivity index is 0.000000396. The van der Waals surface area contributed by atoms with E-state index in [4.69, 9.17) is 9.47 Å². The van der Waals surface area contributed by atoms with Gasteiger partial charge in [-0.3, -0.25) is 0 Å². The van der Waals surface area contributed by atoms with Gasteiger partial charge in [0, 0.05) is 6.42 Å². The van der Waals surface area contributed by atoms with E-state index in [-0.39, 0.29) is 5.79 Å². The Morgan fingerprint density at radius 3 is 2.15 bits per heavy atom. The first-order chi connectivity index (χ1) is 6.25. The number of halogens is 1. The Morgan fingerprint density at radius 2 is 1.77 bits per heavy atom. The minimum absolute atomic E-state index is 0.385. The minimum Gasteiger partial charge on any atom is -0.343 e. The zero-order valence-electron chi connectivity index (χ0n) is 8.52. The molecule has 1 aliphatic heterocycles. The van der Waals surface area contributed by atoms with Gasteiger partial charge in [0.15, 0.2) is 0 Å². The third kappa shape index (κ3) is 1.97. The van der Waals surface area contributed by atoms with Gasteiger partial charge in [0.25, 0.3) is 0 Å². The molecule has 2 aliphatic rings. The lowest BCUT2D eigenvalue weighted by Gasteiger charge is -2.21. The summed E-state index contributed by atoms with van der Waals surface area (Å²) in [5.41, 5.74) is 1.35. The van der Waals surface area contributed by atoms with E-state index in [2.05, 4.69) is 22.9 Å². The summed E-state index contributed by atoms with van der Waals surface area (Å²) >= 11 is 3.52. The fourth-order valence-electron chi connectivity index (χ4n) is 1.62. The molecule has 0 bridgehead atoms. The van der Waals surface area contributed by atoms with Crippen LogP contribution in [0, 0.1) is 0 Å². The van der Waals surface area contributed by atoms with Gasteiger partial charge in [-0.1, -0.05) is 19.4 Å². The van der Waals surface area contributed by atoms with Crippen LogP contribution in [0.15, 0.2) is 10.1 Å². The molecule has 0 unspecified atom stereocenters.